The van der Waals surface area contributed by atoms with E-state index in [1.807, 2.05) is 25.3 Å². The van der Waals surface area contributed by atoms with Crippen LogP contribution in [0.1, 0.15) is 31.9 Å². The highest BCUT2D eigenvalue weighted by atomic mass is 35.5. The van der Waals surface area contributed by atoms with Gasteiger partial charge in [-0.1, -0.05) is 36.2 Å². The van der Waals surface area contributed by atoms with Crippen molar-refractivity contribution in [1.82, 2.24) is 4.57 Å². The summed E-state index contributed by atoms with van der Waals surface area (Å²) in [5.74, 6) is 0. The van der Waals surface area contributed by atoms with Crippen molar-refractivity contribution in [2.45, 2.75) is 32.9 Å². The molecule has 112 valence electrons. The normalized spacial score (nSPS) is 12.2. The fraction of sp³-hybridized carbons (Fsp3) is 0.312. The number of hydrogen-bond acceptors (Lipinski definition) is 2. The quantitative estimate of drug-likeness (QED) is 0.862. The molecule has 2 rings (SSSR count). The molecule has 0 aliphatic heterocycles. The van der Waals surface area contributed by atoms with Crippen LogP contribution in [0.15, 0.2) is 41.3 Å². The highest BCUT2D eigenvalue weighted by Crippen LogP contribution is 2.30. The molecule has 1 heterocycles. The molecule has 1 aromatic heterocycles. The van der Waals surface area contributed by atoms with E-state index in [-0.39, 0.29) is 11.6 Å². The van der Waals surface area contributed by atoms with Gasteiger partial charge in [-0.2, -0.15) is 0 Å². The lowest BCUT2D eigenvalue weighted by molar-refractivity contribution is 0.715. The van der Waals surface area contributed by atoms with Gasteiger partial charge in [0.25, 0.3) is 5.56 Å². The maximum absolute atomic E-state index is 11.6. The van der Waals surface area contributed by atoms with Crippen molar-refractivity contribution in [2.24, 2.45) is 0 Å². The van der Waals surface area contributed by atoms with E-state index in [1.165, 1.54) is 0 Å². The van der Waals surface area contributed by atoms with Gasteiger partial charge in [0.15, 0.2) is 0 Å². The number of rotatable bonds is 5. The molecule has 1 N–H and O–H groups in total. The third kappa shape index (κ3) is 3.80. The third-order valence-corrected chi connectivity index (χ3v) is 3.97. The van der Waals surface area contributed by atoms with Crippen molar-refractivity contribution in [3.05, 3.63) is 62.5 Å². The van der Waals surface area contributed by atoms with Gasteiger partial charge in [-0.15, -0.1) is 0 Å². The number of hydrogen-bond donors (Lipinski definition) is 1. The molecule has 0 amide bonds. The molecule has 2 aromatic rings. The maximum atomic E-state index is 11.6. The smallest absolute Gasteiger partial charge is 0.250 e. The molecule has 0 saturated heterocycles. The van der Waals surface area contributed by atoms with Gasteiger partial charge in [-0.05, 0) is 37.1 Å². The van der Waals surface area contributed by atoms with Crippen LogP contribution in [0.3, 0.4) is 0 Å². The Kier molecular flexibility index (Phi) is 5.32. The Morgan fingerprint density at radius 2 is 1.95 bits per heavy atom. The SMILES string of the molecule is CCC(Nc1ccc(=O)n(CC)c1)c1ccc(Cl)cc1Cl. The van der Waals surface area contributed by atoms with Gasteiger partial charge in [0, 0.05) is 28.9 Å². The molecule has 0 aliphatic rings. The zero-order chi connectivity index (χ0) is 15.4. The average molecular weight is 325 g/mol. The fourth-order valence-corrected chi connectivity index (χ4v) is 2.79. The van der Waals surface area contributed by atoms with Crippen LogP contribution in [0.4, 0.5) is 5.69 Å². The molecular weight excluding hydrogens is 307 g/mol. The lowest BCUT2D eigenvalue weighted by Crippen LogP contribution is -2.19. The van der Waals surface area contributed by atoms with Crippen LogP contribution in [-0.2, 0) is 6.54 Å². The summed E-state index contributed by atoms with van der Waals surface area (Å²) in [5.41, 5.74) is 1.90. The number of nitrogens with one attached hydrogen (secondary N) is 1. The summed E-state index contributed by atoms with van der Waals surface area (Å²) >= 11 is 12.2. The minimum Gasteiger partial charge on any atom is -0.377 e. The van der Waals surface area contributed by atoms with Gasteiger partial charge < -0.3 is 9.88 Å². The van der Waals surface area contributed by atoms with Crippen LogP contribution in [0.5, 0.6) is 0 Å². The number of anilines is 1. The summed E-state index contributed by atoms with van der Waals surface area (Å²) in [7, 11) is 0. The van der Waals surface area contributed by atoms with Crippen molar-refractivity contribution in [3.63, 3.8) is 0 Å². The molecule has 0 radical (unpaired) electrons. The number of aryl methyl sites for hydroxylation is 1. The summed E-state index contributed by atoms with van der Waals surface area (Å²) in [5, 5.41) is 4.69. The second kappa shape index (κ2) is 7.01. The van der Waals surface area contributed by atoms with Crippen LogP contribution in [0, 0.1) is 0 Å². The summed E-state index contributed by atoms with van der Waals surface area (Å²) in [6.07, 6.45) is 2.70. The standard InChI is InChI=1S/C16H18Cl2N2O/c1-3-15(13-7-5-11(17)9-14(13)18)19-12-6-8-16(21)20(4-2)10-12/h5-10,15,19H,3-4H2,1-2H3. The first-order chi connectivity index (χ1) is 10.0. The summed E-state index contributed by atoms with van der Waals surface area (Å²) < 4.78 is 1.67. The van der Waals surface area contributed by atoms with Crippen LogP contribution in [-0.4, -0.2) is 4.57 Å². The van der Waals surface area contributed by atoms with Gasteiger partial charge in [-0.25, -0.2) is 0 Å². The molecule has 5 heteroatoms. The molecule has 1 unspecified atom stereocenters. The summed E-state index contributed by atoms with van der Waals surface area (Å²) in [6, 6.07) is 8.94. The second-order valence-electron chi connectivity index (χ2n) is 4.81. The van der Waals surface area contributed by atoms with E-state index >= 15 is 0 Å². The van der Waals surface area contributed by atoms with Crippen molar-refractivity contribution < 1.29 is 0 Å². The van der Waals surface area contributed by atoms with Gasteiger partial charge in [0.05, 0.1) is 11.7 Å². The zero-order valence-electron chi connectivity index (χ0n) is 12.1. The molecule has 21 heavy (non-hydrogen) atoms. The van der Waals surface area contributed by atoms with Crippen molar-refractivity contribution in [3.8, 4) is 0 Å². The Bertz CT molecular complexity index is 682. The predicted molar refractivity (Wildman–Crippen MR) is 89.5 cm³/mol. The topological polar surface area (TPSA) is 34.0 Å². The lowest BCUT2D eigenvalue weighted by atomic mass is 10.0. The minimum atomic E-state index is 0.000578. The largest absolute Gasteiger partial charge is 0.377 e. The van der Waals surface area contributed by atoms with Gasteiger partial charge in [-0.3, -0.25) is 4.79 Å². The van der Waals surface area contributed by atoms with E-state index in [1.54, 1.807) is 22.8 Å². The van der Waals surface area contributed by atoms with Crippen molar-refractivity contribution >= 4 is 28.9 Å². The van der Waals surface area contributed by atoms with E-state index in [2.05, 4.69) is 12.2 Å². The highest BCUT2D eigenvalue weighted by Gasteiger charge is 2.13. The Morgan fingerprint density at radius 1 is 1.19 bits per heavy atom. The number of benzene rings is 1. The fourth-order valence-electron chi connectivity index (χ4n) is 2.25. The van der Waals surface area contributed by atoms with E-state index in [0.717, 1.165) is 17.7 Å². The van der Waals surface area contributed by atoms with Crippen LogP contribution >= 0.6 is 23.2 Å². The molecule has 3 nitrogen and oxygen atoms in total. The van der Waals surface area contributed by atoms with Crippen LogP contribution < -0.4 is 10.9 Å². The second-order valence-corrected chi connectivity index (χ2v) is 5.66. The Labute approximate surface area is 134 Å². The van der Waals surface area contributed by atoms with Crippen molar-refractivity contribution in [1.29, 1.82) is 0 Å². The first kappa shape index (κ1) is 15.9. The van der Waals surface area contributed by atoms with Crippen LogP contribution in [0.25, 0.3) is 0 Å². The monoisotopic (exact) mass is 324 g/mol. The van der Waals surface area contributed by atoms with E-state index in [4.69, 9.17) is 23.2 Å². The summed E-state index contributed by atoms with van der Waals surface area (Å²) in [4.78, 5) is 11.6. The van der Waals surface area contributed by atoms with Gasteiger partial charge in [0.2, 0.25) is 0 Å². The maximum Gasteiger partial charge on any atom is 0.250 e. The Morgan fingerprint density at radius 3 is 2.57 bits per heavy atom. The Hall–Kier alpha value is -1.45. The van der Waals surface area contributed by atoms with Crippen molar-refractivity contribution in [2.75, 3.05) is 5.32 Å². The lowest BCUT2D eigenvalue weighted by Gasteiger charge is -2.20. The predicted octanol–water partition coefficient (Wildman–Crippen LogP) is 4.74. The molecule has 1 atom stereocenters. The van der Waals surface area contributed by atoms with Gasteiger partial charge in [0.1, 0.15) is 0 Å². The molecule has 0 bridgehead atoms. The molecule has 1 aromatic carbocycles. The average Bonchev–Trinajstić information content (AvgIpc) is 2.47. The van der Waals surface area contributed by atoms with E-state index in [0.29, 0.717) is 16.6 Å². The molecule has 0 saturated carbocycles. The number of halogens is 2. The summed E-state index contributed by atoms with van der Waals surface area (Å²) in [6.45, 7) is 4.67. The Balaban J connectivity index is 2.28. The molecule has 0 fully saturated rings. The van der Waals surface area contributed by atoms with Crippen LogP contribution in [0.2, 0.25) is 10.0 Å². The third-order valence-electron chi connectivity index (χ3n) is 3.41. The zero-order valence-corrected chi connectivity index (χ0v) is 13.6. The van der Waals surface area contributed by atoms with E-state index in [9.17, 15) is 4.79 Å². The first-order valence-corrected chi connectivity index (χ1v) is 7.72. The minimum absolute atomic E-state index is 0.000578. The van der Waals surface area contributed by atoms with E-state index < -0.39 is 0 Å². The van der Waals surface area contributed by atoms with Gasteiger partial charge >= 0.3 is 0 Å². The molecule has 0 aliphatic carbocycles. The molecule has 0 spiro atoms. The highest BCUT2D eigenvalue weighted by molar-refractivity contribution is 6.35. The first-order valence-electron chi connectivity index (χ1n) is 6.97. The number of aromatic nitrogens is 1. The number of nitrogens with zero attached hydrogens (tertiary/aromatic N) is 1. The molecular formula is C16H18Cl2N2O. The number of pyridine rings is 1.